The van der Waals surface area contributed by atoms with E-state index in [4.69, 9.17) is 0 Å². The minimum absolute atomic E-state index is 0.0740. The molecule has 2 fully saturated rings. The summed E-state index contributed by atoms with van der Waals surface area (Å²) in [6.07, 6.45) is 5.53. The molecular weight excluding hydrogens is 264 g/mol. The lowest BCUT2D eigenvalue weighted by Crippen LogP contribution is -2.51. The third-order valence-corrected chi connectivity index (χ3v) is 5.09. The molecule has 1 saturated carbocycles. The Labute approximate surface area is 129 Å². The van der Waals surface area contributed by atoms with Crippen molar-refractivity contribution in [3.63, 3.8) is 0 Å². The summed E-state index contributed by atoms with van der Waals surface area (Å²) in [6.45, 7) is 10.4. The zero-order valence-electron chi connectivity index (χ0n) is 14.0. The molecule has 21 heavy (non-hydrogen) atoms. The molecule has 2 aliphatic rings. The Bertz CT molecular complexity index is 337. The first-order valence-electron chi connectivity index (χ1n) is 8.54. The van der Waals surface area contributed by atoms with Crippen molar-refractivity contribution >= 4 is 5.91 Å². The maximum atomic E-state index is 12.3. The highest BCUT2D eigenvalue weighted by Gasteiger charge is 2.28. The molecule has 1 amide bonds. The maximum Gasteiger partial charge on any atom is 0.222 e. The predicted octanol–water partition coefficient (Wildman–Crippen LogP) is 2.12. The van der Waals surface area contributed by atoms with Crippen LogP contribution in [0.3, 0.4) is 0 Å². The van der Waals surface area contributed by atoms with Gasteiger partial charge in [0, 0.05) is 39.1 Å². The standard InChI is InChI=1S/C17H32N2O2/c1-17(2,3)15(20)13-18-8-10-19(11-9-18)16(21)12-14-6-4-5-7-14/h14-15,20H,4-13H2,1-3H3/t15-/m1/s1. The minimum Gasteiger partial charge on any atom is -0.391 e. The number of aliphatic hydroxyl groups is 1. The Hall–Kier alpha value is -0.610. The van der Waals surface area contributed by atoms with Gasteiger partial charge in [-0.25, -0.2) is 0 Å². The van der Waals surface area contributed by atoms with E-state index in [1.807, 2.05) is 4.90 Å². The summed E-state index contributed by atoms with van der Waals surface area (Å²) in [7, 11) is 0. The Morgan fingerprint density at radius 1 is 1.14 bits per heavy atom. The fourth-order valence-corrected chi connectivity index (χ4v) is 3.29. The van der Waals surface area contributed by atoms with E-state index in [-0.39, 0.29) is 11.5 Å². The van der Waals surface area contributed by atoms with Gasteiger partial charge in [0.2, 0.25) is 5.91 Å². The molecule has 4 heteroatoms. The van der Waals surface area contributed by atoms with Gasteiger partial charge in [0.15, 0.2) is 0 Å². The van der Waals surface area contributed by atoms with Crippen LogP contribution in [0.2, 0.25) is 0 Å². The van der Waals surface area contributed by atoms with Gasteiger partial charge in [0.25, 0.3) is 0 Å². The second kappa shape index (κ2) is 7.10. The molecule has 0 aromatic carbocycles. The number of β-amino-alcohol motifs (C(OH)–C–C–N with tert-alkyl or cyclic N) is 1. The fraction of sp³-hybridized carbons (Fsp3) is 0.941. The zero-order chi connectivity index (χ0) is 15.5. The Morgan fingerprint density at radius 3 is 2.24 bits per heavy atom. The monoisotopic (exact) mass is 296 g/mol. The highest BCUT2D eigenvalue weighted by molar-refractivity contribution is 5.76. The molecule has 1 aliphatic carbocycles. The van der Waals surface area contributed by atoms with Crippen LogP contribution in [-0.4, -0.2) is 59.6 Å². The summed E-state index contributed by atoms with van der Waals surface area (Å²) >= 11 is 0. The van der Waals surface area contributed by atoms with Gasteiger partial charge < -0.3 is 10.0 Å². The average molecular weight is 296 g/mol. The van der Waals surface area contributed by atoms with Crippen LogP contribution in [0.1, 0.15) is 52.9 Å². The van der Waals surface area contributed by atoms with Crippen LogP contribution in [-0.2, 0) is 4.79 Å². The molecule has 0 aromatic rings. The minimum atomic E-state index is -0.307. The van der Waals surface area contributed by atoms with Crippen molar-refractivity contribution in [2.45, 2.75) is 59.0 Å². The number of aliphatic hydroxyl groups excluding tert-OH is 1. The first-order chi connectivity index (χ1) is 9.86. The molecule has 1 saturated heterocycles. The van der Waals surface area contributed by atoms with E-state index in [0.717, 1.165) is 32.6 Å². The number of rotatable bonds is 4. The van der Waals surface area contributed by atoms with Crippen molar-refractivity contribution < 1.29 is 9.90 Å². The number of piperazine rings is 1. The smallest absolute Gasteiger partial charge is 0.222 e. The van der Waals surface area contributed by atoms with E-state index in [1.54, 1.807) is 0 Å². The molecule has 0 bridgehead atoms. The third-order valence-electron chi connectivity index (χ3n) is 5.09. The molecule has 0 aromatic heterocycles. The topological polar surface area (TPSA) is 43.8 Å². The summed E-state index contributed by atoms with van der Waals surface area (Å²) < 4.78 is 0. The van der Waals surface area contributed by atoms with Gasteiger partial charge in [-0.2, -0.15) is 0 Å². The second-order valence-corrected chi connectivity index (χ2v) is 7.92. The SMILES string of the molecule is CC(C)(C)[C@H](O)CN1CCN(C(=O)CC2CCCC2)CC1. The van der Waals surface area contributed by atoms with Gasteiger partial charge in [0.05, 0.1) is 6.10 Å². The number of hydrogen-bond donors (Lipinski definition) is 1. The van der Waals surface area contributed by atoms with Gasteiger partial charge in [-0.15, -0.1) is 0 Å². The molecule has 4 nitrogen and oxygen atoms in total. The van der Waals surface area contributed by atoms with Crippen molar-refractivity contribution in [2.75, 3.05) is 32.7 Å². The van der Waals surface area contributed by atoms with Gasteiger partial charge in [-0.1, -0.05) is 33.6 Å². The molecule has 0 unspecified atom stereocenters. The molecule has 1 atom stereocenters. The molecule has 1 heterocycles. The highest BCUT2D eigenvalue weighted by Crippen LogP contribution is 2.28. The second-order valence-electron chi connectivity index (χ2n) is 7.92. The average Bonchev–Trinajstić information content (AvgIpc) is 2.91. The van der Waals surface area contributed by atoms with Crippen molar-refractivity contribution in [3.05, 3.63) is 0 Å². The van der Waals surface area contributed by atoms with Gasteiger partial charge in [-0.05, 0) is 24.2 Å². The third kappa shape index (κ3) is 4.96. The summed E-state index contributed by atoms with van der Waals surface area (Å²) in [5, 5.41) is 10.2. The summed E-state index contributed by atoms with van der Waals surface area (Å²) in [5.74, 6) is 0.983. The molecular formula is C17H32N2O2. The van der Waals surface area contributed by atoms with Crippen molar-refractivity contribution in [1.29, 1.82) is 0 Å². The van der Waals surface area contributed by atoms with Crippen molar-refractivity contribution in [1.82, 2.24) is 9.80 Å². The summed E-state index contributed by atoms with van der Waals surface area (Å²) in [6, 6.07) is 0. The van der Waals surface area contributed by atoms with Crippen LogP contribution in [0.25, 0.3) is 0 Å². The lowest BCUT2D eigenvalue weighted by atomic mass is 9.89. The van der Waals surface area contributed by atoms with Crippen LogP contribution in [0.15, 0.2) is 0 Å². The maximum absolute atomic E-state index is 12.3. The zero-order valence-corrected chi connectivity index (χ0v) is 14.0. The van der Waals surface area contributed by atoms with Crippen LogP contribution >= 0.6 is 0 Å². The number of carbonyl (C=O) groups is 1. The lowest BCUT2D eigenvalue weighted by molar-refractivity contribution is -0.134. The van der Waals surface area contributed by atoms with Crippen LogP contribution in [0.4, 0.5) is 0 Å². The van der Waals surface area contributed by atoms with E-state index >= 15 is 0 Å². The number of carbonyl (C=O) groups excluding carboxylic acids is 1. The van der Waals surface area contributed by atoms with E-state index < -0.39 is 0 Å². The number of nitrogens with zero attached hydrogens (tertiary/aromatic N) is 2. The normalized spacial score (nSPS) is 23.5. The summed E-state index contributed by atoms with van der Waals surface area (Å²) in [4.78, 5) is 16.6. The van der Waals surface area contributed by atoms with Gasteiger partial charge >= 0.3 is 0 Å². The van der Waals surface area contributed by atoms with Gasteiger partial charge in [-0.3, -0.25) is 9.69 Å². The number of hydrogen-bond acceptors (Lipinski definition) is 3. The predicted molar refractivity (Wildman–Crippen MR) is 85.1 cm³/mol. The molecule has 0 spiro atoms. The van der Waals surface area contributed by atoms with Gasteiger partial charge in [0.1, 0.15) is 0 Å². The fourth-order valence-electron chi connectivity index (χ4n) is 3.29. The Morgan fingerprint density at radius 2 is 1.71 bits per heavy atom. The largest absolute Gasteiger partial charge is 0.391 e. The summed E-state index contributed by atoms with van der Waals surface area (Å²) in [5.41, 5.74) is -0.0740. The molecule has 0 radical (unpaired) electrons. The van der Waals surface area contributed by atoms with Crippen LogP contribution < -0.4 is 0 Å². The molecule has 2 rings (SSSR count). The van der Waals surface area contributed by atoms with Crippen LogP contribution in [0.5, 0.6) is 0 Å². The van der Waals surface area contributed by atoms with Crippen molar-refractivity contribution in [2.24, 2.45) is 11.3 Å². The molecule has 1 aliphatic heterocycles. The van der Waals surface area contributed by atoms with E-state index in [9.17, 15) is 9.90 Å². The van der Waals surface area contributed by atoms with Crippen LogP contribution in [0, 0.1) is 11.3 Å². The first-order valence-corrected chi connectivity index (χ1v) is 8.54. The molecule has 122 valence electrons. The van der Waals surface area contributed by atoms with E-state index in [1.165, 1.54) is 25.7 Å². The quantitative estimate of drug-likeness (QED) is 0.864. The van der Waals surface area contributed by atoms with E-state index in [0.29, 0.717) is 18.4 Å². The molecule has 1 N–H and O–H groups in total. The Balaban J connectivity index is 1.71. The highest BCUT2D eigenvalue weighted by atomic mass is 16.3. The van der Waals surface area contributed by atoms with E-state index in [2.05, 4.69) is 25.7 Å². The first kappa shape index (κ1) is 16.8. The lowest BCUT2D eigenvalue weighted by Gasteiger charge is -2.38. The Kier molecular flexibility index (Phi) is 5.67. The van der Waals surface area contributed by atoms with Crippen molar-refractivity contribution in [3.8, 4) is 0 Å². The number of amides is 1.